The van der Waals surface area contributed by atoms with Crippen molar-refractivity contribution >= 4 is 30.9 Å². The zero-order valence-electron chi connectivity index (χ0n) is 22.7. The normalized spacial score (nSPS) is 17.6. The first-order valence-electron chi connectivity index (χ1n) is 13.1. The number of carbonyl (C=O) groups excluding carboxylic acids is 1. The molecule has 6 nitrogen and oxygen atoms in total. The van der Waals surface area contributed by atoms with Crippen LogP contribution in [0, 0.1) is 0 Å². The maximum atomic E-state index is 12.9. The van der Waals surface area contributed by atoms with Gasteiger partial charge in [0.1, 0.15) is 6.61 Å². The molecule has 5 rings (SSSR count). The number of carbonyl (C=O) groups is 1. The van der Waals surface area contributed by atoms with E-state index in [1.807, 2.05) is 64.1 Å². The monoisotopic (exact) mass is 545 g/mol. The van der Waals surface area contributed by atoms with Crippen molar-refractivity contribution in [3.8, 4) is 11.1 Å². The fourth-order valence-electron chi connectivity index (χ4n) is 5.04. The van der Waals surface area contributed by atoms with Crippen molar-refractivity contribution in [2.24, 2.45) is 0 Å². The minimum absolute atomic E-state index is 0.0211. The third kappa shape index (κ3) is 5.50. The minimum atomic E-state index is -0.669. The second-order valence-electron chi connectivity index (χ2n) is 11.0. The van der Waals surface area contributed by atoms with Crippen molar-refractivity contribution < 1.29 is 23.9 Å². The highest BCUT2D eigenvalue weighted by Crippen LogP contribution is 2.44. The Hall–Kier alpha value is -3.10. The van der Waals surface area contributed by atoms with Crippen LogP contribution in [0.25, 0.3) is 17.2 Å². The summed E-state index contributed by atoms with van der Waals surface area (Å²) < 4.78 is 18.3. The highest BCUT2D eigenvalue weighted by molar-refractivity contribution is 6.56. The Kier molecular flexibility index (Phi) is 7.62. The molecule has 1 aliphatic heterocycles. The Morgan fingerprint density at radius 2 is 1.59 bits per heavy atom. The Bertz CT molecular complexity index is 1360. The molecule has 0 radical (unpaired) electrons. The summed E-state index contributed by atoms with van der Waals surface area (Å²) in [6.07, 6.45) is 1.37. The summed E-state index contributed by atoms with van der Waals surface area (Å²) in [4.78, 5) is 12.9. The molecule has 202 valence electrons. The van der Waals surface area contributed by atoms with Crippen molar-refractivity contribution in [1.29, 1.82) is 0 Å². The van der Waals surface area contributed by atoms with Crippen molar-refractivity contribution in [2.45, 2.75) is 51.4 Å². The number of amides is 1. The van der Waals surface area contributed by atoms with Gasteiger partial charge in [0.05, 0.1) is 17.8 Å². The van der Waals surface area contributed by atoms with Gasteiger partial charge in [-0.15, -0.1) is 0 Å². The molecule has 2 N–H and O–H groups in total. The smallest absolute Gasteiger partial charge is 0.449 e. The molecular formula is C31H33BClNO5. The molecule has 1 heterocycles. The lowest BCUT2D eigenvalue weighted by Gasteiger charge is -2.32. The lowest BCUT2D eigenvalue weighted by Crippen LogP contribution is -2.41. The first-order chi connectivity index (χ1) is 18.6. The Labute approximate surface area is 235 Å². The Morgan fingerprint density at radius 3 is 2.18 bits per heavy atom. The van der Waals surface area contributed by atoms with E-state index in [1.165, 1.54) is 11.1 Å². The number of alkyl carbamates (subject to hydrolysis) is 1. The lowest BCUT2D eigenvalue weighted by atomic mass is 9.77. The molecule has 1 amide bonds. The number of fused-ring (bicyclic) bond motifs is 3. The van der Waals surface area contributed by atoms with Crippen molar-refractivity contribution in [3.63, 3.8) is 0 Å². The van der Waals surface area contributed by atoms with E-state index in [9.17, 15) is 9.90 Å². The number of aliphatic hydroxyl groups excluding tert-OH is 1. The molecule has 0 saturated carbocycles. The second-order valence-corrected chi connectivity index (χ2v) is 11.4. The fraction of sp³-hybridized carbons (Fsp3) is 0.323. The quantitative estimate of drug-likeness (QED) is 0.337. The molecule has 1 aliphatic carbocycles. The molecule has 1 fully saturated rings. The van der Waals surface area contributed by atoms with Crippen LogP contribution in [0.4, 0.5) is 4.79 Å². The molecule has 3 aromatic rings. The molecule has 0 spiro atoms. The van der Waals surface area contributed by atoms with Gasteiger partial charge in [-0.2, -0.15) is 0 Å². The summed E-state index contributed by atoms with van der Waals surface area (Å²) in [5.41, 5.74) is 5.72. The number of benzene rings is 3. The van der Waals surface area contributed by atoms with Crippen LogP contribution in [0.3, 0.4) is 0 Å². The van der Waals surface area contributed by atoms with Crippen molar-refractivity contribution in [2.75, 3.05) is 13.2 Å². The zero-order valence-corrected chi connectivity index (χ0v) is 23.4. The van der Waals surface area contributed by atoms with Gasteiger partial charge in [-0.05, 0) is 78.7 Å². The van der Waals surface area contributed by atoms with E-state index < -0.39 is 24.4 Å². The standard InChI is InChI=1S/C31H33BClNO5/c1-30(2)31(3,4)39-32(38-30)22(16-20-13-14-28(33)21(15-20)18-35)17-34-29(36)37-19-27-25-11-7-5-9-23(25)24-10-6-8-12-26(24)27/h5-16,27,35H,17-19H2,1-4H3,(H,34,36). The van der Waals surface area contributed by atoms with Crippen LogP contribution in [0.1, 0.15) is 55.9 Å². The number of hydrogen-bond acceptors (Lipinski definition) is 5. The van der Waals surface area contributed by atoms with Crippen LogP contribution in [-0.4, -0.2) is 42.7 Å². The SMILES string of the molecule is CC1(C)OB(C(=Cc2ccc(Cl)c(CO)c2)CNC(=O)OCC2c3ccccc3-c3ccccc32)OC1(C)C. The third-order valence-corrected chi connectivity index (χ3v) is 8.30. The van der Waals surface area contributed by atoms with Crippen LogP contribution in [0.5, 0.6) is 0 Å². The van der Waals surface area contributed by atoms with Crippen molar-refractivity contribution in [1.82, 2.24) is 5.32 Å². The summed E-state index contributed by atoms with van der Waals surface area (Å²) in [5.74, 6) is -0.0211. The van der Waals surface area contributed by atoms with E-state index >= 15 is 0 Å². The van der Waals surface area contributed by atoms with Gasteiger partial charge in [0.25, 0.3) is 0 Å². The van der Waals surface area contributed by atoms with Gasteiger partial charge in [0.2, 0.25) is 0 Å². The molecule has 0 atom stereocenters. The zero-order chi connectivity index (χ0) is 27.8. The van der Waals surface area contributed by atoms with Crippen LogP contribution >= 0.6 is 11.6 Å². The van der Waals surface area contributed by atoms with Crippen LogP contribution in [0.15, 0.2) is 72.2 Å². The average Bonchev–Trinajstić information content (AvgIpc) is 3.35. The summed E-state index contributed by atoms with van der Waals surface area (Å²) in [6, 6.07) is 21.9. The molecule has 0 unspecified atom stereocenters. The molecule has 2 aliphatic rings. The maximum absolute atomic E-state index is 12.9. The first-order valence-corrected chi connectivity index (χ1v) is 13.5. The van der Waals surface area contributed by atoms with Gasteiger partial charge in [0.15, 0.2) is 0 Å². The second kappa shape index (κ2) is 10.8. The average molecular weight is 546 g/mol. The predicted molar refractivity (Wildman–Crippen MR) is 155 cm³/mol. The van der Waals surface area contributed by atoms with Crippen LogP contribution < -0.4 is 5.32 Å². The number of aliphatic hydroxyl groups is 1. The van der Waals surface area contributed by atoms with Gasteiger partial charge >= 0.3 is 13.2 Å². The Morgan fingerprint density at radius 1 is 1.00 bits per heavy atom. The van der Waals surface area contributed by atoms with Gasteiger partial charge < -0.3 is 24.5 Å². The molecule has 0 aromatic heterocycles. The van der Waals surface area contributed by atoms with E-state index in [-0.39, 0.29) is 25.7 Å². The predicted octanol–water partition coefficient (Wildman–Crippen LogP) is 6.39. The topological polar surface area (TPSA) is 77.0 Å². The first kappa shape index (κ1) is 27.5. The van der Waals surface area contributed by atoms with Gasteiger partial charge in [-0.25, -0.2) is 4.79 Å². The van der Waals surface area contributed by atoms with E-state index in [1.54, 1.807) is 12.1 Å². The summed E-state index contributed by atoms with van der Waals surface area (Å²) in [6.45, 7) is 8.14. The summed E-state index contributed by atoms with van der Waals surface area (Å²) in [5, 5.41) is 13.0. The lowest BCUT2D eigenvalue weighted by molar-refractivity contribution is 0.00578. The Balaban J connectivity index is 1.31. The van der Waals surface area contributed by atoms with Gasteiger partial charge in [0, 0.05) is 17.5 Å². The van der Waals surface area contributed by atoms with E-state index in [0.717, 1.165) is 16.7 Å². The van der Waals surface area contributed by atoms with Crippen LogP contribution in [-0.2, 0) is 20.7 Å². The summed E-state index contributed by atoms with van der Waals surface area (Å²) in [7, 11) is -0.669. The molecule has 1 saturated heterocycles. The number of halogens is 1. The number of ether oxygens (including phenoxy) is 1. The van der Waals surface area contributed by atoms with E-state index in [4.69, 9.17) is 25.6 Å². The summed E-state index contributed by atoms with van der Waals surface area (Å²) >= 11 is 6.19. The highest BCUT2D eigenvalue weighted by Gasteiger charge is 2.52. The van der Waals surface area contributed by atoms with Gasteiger partial charge in [-0.1, -0.05) is 72.3 Å². The van der Waals surface area contributed by atoms with Crippen LogP contribution in [0.2, 0.25) is 5.02 Å². The molecule has 8 heteroatoms. The maximum Gasteiger partial charge on any atom is 0.492 e. The number of hydrogen-bond donors (Lipinski definition) is 2. The van der Waals surface area contributed by atoms with Crippen molar-refractivity contribution in [3.05, 3.63) is 99.5 Å². The number of rotatable bonds is 7. The molecule has 39 heavy (non-hydrogen) atoms. The van der Waals surface area contributed by atoms with E-state index in [2.05, 4.69) is 29.6 Å². The molecule has 3 aromatic carbocycles. The molecule has 0 bridgehead atoms. The molecular weight excluding hydrogens is 513 g/mol. The number of nitrogens with one attached hydrogen (secondary N) is 1. The third-order valence-electron chi connectivity index (χ3n) is 7.93. The van der Waals surface area contributed by atoms with E-state index in [0.29, 0.717) is 16.1 Å². The van der Waals surface area contributed by atoms with Gasteiger partial charge in [-0.3, -0.25) is 0 Å². The minimum Gasteiger partial charge on any atom is -0.449 e. The highest BCUT2D eigenvalue weighted by atomic mass is 35.5. The fourth-order valence-corrected chi connectivity index (χ4v) is 5.22. The largest absolute Gasteiger partial charge is 0.492 e.